The van der Waals surface area contributed by atoms with Crippen LogP contribution in [0.15, 0.2) is 24.3 Å². The predicted octanol–water partition coefficient (Wildman–Crippen LogP) is 2.65. The van der Waals surface area contributed by atoms with Crippen LogP contribution in [-0.4, -0.2) is 24.2 Å². The molecule has 0 spiro atoms. The van der Waals surface area contributed by atoms with E-state index in [9.17, 15) is 4.79 Å². The van der Waals surface area contributed by atoms with E-state index in [4.69, 9.17) is 16.7 Å². The van der Waals surface area contributed by atoms with Gasteiger partial charge in [0.1, 0.15) is 0 Å². The first kappa shape index (κ1) is 14.4. The van der Waals surface area contributed by atoms with Gasteiger partial charge in [-0.1, -0.05) is 30.2 Å². The van der Waals surface area contributed by atoms with Gasteiger partial charge in [0.05, 0.1) is 5.41 Å². The molecule has 2 rings (SSSR count). The van der Waals surface area contributed by atoms with Crippen LogP contribution >= 0.6 is 11.6 Å². The van der Waals surface area contributed by atoms with Gasteiger partial charge in [-0.05, 0) is 43.4 Å². The Bertz CT molecular complexity index is 444. The van der Waals surface area contributed by atoms with Gasteiger partial charge in [0.25, 0.3) is 0 Å². The average molecular weight is 282 g/mol. The number of aliphatic hydroxyl groups excluding tert-OH is 1. The number of hydrogen-bond acceptors (Lipinski definition) is 2. The number of aliphatic hydroxyl groups is 1. The average Bonchev–Trinajstić information content (AvgIpc) is 2.33. The summed E-state index contributed by atoms with van der Waals surface area (Å²) < 4.78 is 0. The minimum Gasteiger partial charge on any atom is -0.396 e. The molecule has 19 heavy (non-hydrogen) atoms. The first-order valence-corrected chi connectivity index (χ1v) is 7.22. The number of benzene rings is 1. The van der Waals surface area contributed by atoms with Crippen molar-refractivity contribution in [1.82, 2.24) is 5.32 Å². The number of carbonyl (C=O) groups excluding carboxylic acids is 1. The van der Waals surface area contributed by atoms with E-state index in [0.29, 0.717) is 11.6 Å². The zero-order chi connectivity index (χ0) is 13.7. The van der Waals surface area contributed by atoms with Gasteiger partial charge < -0.3 is 10.4 Å². The highest BCUT2D eigenvalue weighted by Crippen LogP contribution is 2.44. The van der Waals surface area contributed by atoms with Crippen LogP contribution in [0.3, 0.4) is 0 Å². The molecule has 0 atom stereocenters. The molecule has 1 fully saturated rings. The van der Waals surface area contributed by atoms with Gasteiger partial charge in [0.15, 0.2) is 0 Å². The first-order valence-electron chi connectivity index (χ1n) is 6.84. The lowest BCUT2D eigenvalue weighted by Gasteiger charge is -2.40. The number of rotatable bonds is 6. The molecule has 1 amide bonds. The SMILES string of the molecule is O=C(NCCCCO)C1(c2cccc(Cl)c2)CCC1. The minimum absolute atomic E-state index is 0.0963. The molecule has 2 N–H and O–H groups in total. The zero-order valence-electron chi connectivity index (χ0n) is 11.0. The largest absolute Gasteiger partial charge is 0.396 e. The third-order valence-corrected chi connectivity index (χ3v) is 4.12. The predicted molar refractivity (Wildman–Crippen MR) is 76.3 cm³/mol. The standard InChI is InChI=1S/C15H20ClNO2/c16-13-6-3-5-12(11-13)15(7-4-8-15)14(19)17-9-1-2-10-18/h3,5-6,11,18H,1-2,4,7-10H2,(H,17,19). The Labute approximate surface area is 119 Å². The fraction of sp³-hybridized carbons (Fsp3) is 0.533. The Morgan fingerprint density at radius 2 is 2.16 bits per heavy atom. The highest BCUT2D eigenvalue weighted by atomic mass is 35.5. The van der Waals surface area contributed by atoms with E-state index in [-0.39, 0.29) is 17.9 Å². The summed E-state index contributed by atoms with van der Waals surface area (Å²) in [5.74, 6) is 0.0963. The van der Waals surface area contributed by atoms with Gasteiger partial charge in [-0.2, -0.15) is 0 Å². The molecule has 0 heterocycles. The van der Waals surface area contributed by atoms with E-state index < -0.39 is 0 Å². The van der Waals surface area contributed by atoms with Gasteiger partial charge in [-0.15, -0.1) is 0 Å². The van der Waals surface area contributed by atoms with Crippen molar-refractivity contribution in [3.63, 3.8) is 0 Å². The monoisotopic (exact) mass is 281 g/mol. The van der Waals surface area contributed by atoms with Gasteiger partial charge >= 0.3 is 0 Å². The van der Waals surface area contributed by atoms with Gasteiger partial charge in [0, 0.05) is 18.2 Å². The fourth-order valence-corrected chi connectivity index (χ4v) is 2.76. The Morgan fingerprint density at radius 3 is 2.74 bits per heavy atom. The second kappa shape index (κ2) is 6.40. The number of unbranched alkanes of at least 4 members (excludes halogenated alkanes) is 1. The molecule has 0 radical (unpaired) electrons. The normalized spacial score (nSPS) is 16.7. The number of halogens is 1. The van der Waals surface area contributed by atoms with E-state index in [0.717, 1.165) is 37.7 Å². The van der Waals surface area contributed by atoms with Crippen molar-refractivity contribution in [1.29, 1.82) is 0 Å². The molecule has 1 aliphatic rings. The van der Waals surface area contributed by atoms with Gasteiger partial charge in [-0.25, -0.2) is 0 Å². The summed E-state index contributed by atoms with van der Waals surface area (Å²) in [5.41, 5.74) is 0.635. The molecule has 0 unspecified atom stereocenters. The number of hydrogen-bond donors (Lipinski definition) is 2. The molecule has 104 valence electrons. The molecule has 0 aliphatic heterocycles. The van der Waals surface area contributed by atoms with Crippen LogP contribution in [0, 0.1) is 0 Å². The third-order valence-electron chi connectivity index (χ3n) is 3.89. The van der Waals surface area contributed by atoms with Crippen molar-refractivity contribution in [3.8, 4) is 0 Å². The van der Waals surface area contributed by atoms with Crippen molar-refractivity contribution in [2.75, 3.05) is 13.2 Å². The Balaban J connectivity index is 2.03. The molecule has 0 saturated heterocycles. The van der Waals surface area contributed by atoms with Crippen molar-refractivity contribution in [2.45, 2.75) is 37.5 Å². The molecule has 3 nitrogen and oxygen atoms in total. The van der Waals surface area contributed by atoms with E-state index in [1.54, 1.807) is 0 Å². The number of nitrogens with one attached hydrogen (secondary N) is 1. The fourth-order valence-electron chi connectivity index (χ4n) is 2.57. The number of carbonyl (C=O) groups is 1. The van der Waals surface area contributed by atoms with Crippen LogP contribution in [0.5, 0.6) is 0 Å². The Hall–Kier alpha value is -1.06. The summed E-state index contributed by atoms with van der Waals surface area (Å²) >= 11 is 6.02. The Morgan fingerprint density at radius 1 is 1.37 bits per heavy atom. The van der Waals surface area contributed by atoms with Crippen LogP contribution in [0.4, 0.5) is 0 Å². The summed E-state index contributed by atoms with van der Waals surface area (Å²) in [4.78, 5) is 12.4. The van der Waals surface area contributed by atoms with Crippen LogP contribution in [-0.2, 0) is 10.2 Å². The first-order chi connectivity index (χ1) is 9.19. The van der Waals surface area contributed by atoms with Gasteiger partial charge in [-0.3, -0.25) is 4.79 Å². The molecule has 1 saturated carbocycles. The van der Waals surface area contributed by atoms with Crippen LogP contribution < -0.4 is 5.32 Å². The molecule has 1 aliphatic carbocycles. The molecule has 1 aromatic carbocycles. The third kappa shape index (κ3) is 3.10. The van der Waals surface area contributed by atoms with Crippen molar-refractivity contribution >= 4 is 17.5 Å². The smallest absolute Gasteiger partial charge is 0.230 e. The molecular formula is C15H20ClNO2. The molecule has 0 aromatic heterocycles. The second-order valence-corrected chi connectivity index (χ2v) is 5.57. The molecule has 0 bridgehead atoms. The topological polar surface area (TPSA) is 49.3 Å². The molecular weight excluding hydrogens is 262 g/mol. The lowest BCUT2D eigenvalue weighted by molar-refractivity contribution is -0.129. The quantitative estimate of drug-likeness (QED) is 0.788. The van der Waals surface area contributed by atoms with Crippen LogP contribution in [0.2, 0.25) is 5.02 Å². The lowest BCUT2D eigenvalue weighted by atomic mass is 9.64. The van der Waals surface area contributed by atoms with E-state index in [2.05, 4.69) is 5.32 Å². The number of amides is 1. The summed E-state index contributed by atoms with van der Waals surface area (Å²) in [6, 6.07) is 7.61. The Kier molecular flexibility index (Phi) is 4.83. The van der Waals surface area contributed by atoms with E-state index in [1.807, 2.05) is 24.3 Å². The highest BCUT2D eigenvalue weighted by molar-refractivity contribution is 6.30. The lowest BCUT2D eigenvalue weighted by Crippen LogP contribution is -2.49. The minimum atomic E-state index is -0.385. The maximum atomic E-state index is 12.4. The highest BCUT2D eigenvalue weighted by Gasteiger charge is 2.45. The molecule has 1 aromatic rings. The summed E-state index contributed by atoms with van der Waals surface area (Å²) in [7, 11) is 0. The second-order valence-electron chi connectivity index (χ2n) is 5.13. The maximum absolute atomic E-state index is 12.4. The van der Waals surface area contributed by atoms with Crippen LogP contribution in [0.25, 0.3) is 0 Å². The maximum Gasteiger partial charge on any atom is 0.230 e. The van der Waals surface area contributed by atoms with Crippen molar-refractivity contribution < 1.29 is 9.90 Å². The van der Waals surface area contributed by atoms with Gasteiger partial charge in [0.2, 0.25) is 5.91 Å². The van der Waals surface area contributed by atoms with E-state index in [1.165, 1.54) is 0 Å². The summed E-state index contributed by atoms with van der Waals surface area (Å²) in [6.07, 6.45) is 4.40. The van der Waals surface area contributed by atoms with Crippen molar-refractivity contribution in [3.05, 3.63) is 34.9 Å². The molecule has 4 heteroatoms. The van der Waals surface area contributed by atoms with E-state index >= 15 is 0 Å². The summed E-state index contributed by atoms with van der Waals surface area (Å²) in [5, 5.41) is 12.4. The van der Waals surface area contributed by atoms with Crippen LogP contribution in [0.1, 0.15) is 37.7 Å². The van der Waals surface area contributed by atoms with Crippen molar-refractivity contribution in [2.24, 2.45) is 0 Å². The zero-order valence-corrected chi connectivity index (χ0v) is 11.7. The summed E-state index contributed by atoms with van der Waals surface area (Å²) in [6.45, 7) is 0.803.